The van der Waals surface area contributed by atoms with E-state index in [-0.39, 0.29) is 0 Å². The molecule has 0 N–H and O–H groups in total. The summed E-state index contributed by atoms with van der Waals surface area (Å²) in [5, 5.41) is 0. The molecule has 1 aliphatic rings. The number of halogens is 27. The summed E-state index contributed by atoms with van der Waals surface area (Å²) in [4.78, 5) is 12.1. The van der Waals surface area contributed by atoms with Crippen molar-refractivity contribution in [2.24, 2.45) is 0 Å². The number of ether oxygens (including phenoxy) is 5. The average Bonchev–Trinajstić information content (AvgIpc) is 2.96. The minimum Gasteiger partial charge on any atom is -0.461 e. The Labute approximate surface area is 347 Å². The lowest BCUT2D eigenvalue weighted by molar-refractivity contribution is -0.603. The third-order valence-electron chi connectivity index (χ3n) is 7.15. The number of hydrogen-bond donors (Lipinski definition) is 0. The Kier molecular flexibility index (Phi) is 16.5. The van der Waals surface area contributed by atoms with Gasteiger partial charge >= 0.3 is 119 Å². The Hall–Kier alpha value is -1.87. The number of rotatable bonds is 16. The molecule has 0 aromatic rings. The minimum absolute atomic E-state index is 0.567. The fraction of sp³-hybridized carbons (Fsp3) is 0.958. The van der Waals surface area contributed by atoms with Crippen LogP contribution in [0.4, 0.5) is 119 Å². The second kappa shape index (κ2) is 17.5. The van der Waals surface area contributed by atoms with E-state index >= 15 is 4.39 Å². The van der Waals surface area contributed by atoms with E-state index in [1.165, 1.54) is 37.5 Å². The van der Waals surface area contributed by atoms with Crippen LogP contribution in [0.2, 0.25) is 51.9 Å². The van der Waals surface area contributed by atoms with E-state index in [0.717, 1.165) is 9.47 Å². The molecule has 0 spiro atoms. The van der Waals surface area contributed by atoms with Crippen molar-refractivity contribution >= 4 is 40.2 Å². The predicted molar refractivity (Wildman–Crippen MR) is 159 cm³/mol. The van der Waals surface area contributed by atoms with Crippen LogP contribution in [0, 0.1) is 0 Å². The standard InChI is InChI=1S/C24H27F27O10Si4/c1-62(2)58-63(3,4)60-65(7,61-64(5,6)59-62)10-8-9-53-11(52)12(25,16(30,31)32)54-22(47,48)14(28,18(36,37)38)55-23(49,50)15(29,19(39,40)41)56-24(51,20(42,43)44)57-21(45,46)13(26,27)17(33,34)35/h8-10H2,1-7H3. The normalized spacial score (nSPS) is 23.2. The molecule has 0 aliphatic carbocycles. The van der Waals surface area contributed by atoms with E-state index in [1.807, 2.05) is 4.74 Å². The number of alkyl halides is 27. The molecule has 65 heavy (non-hydrogen) atoms. The van der Waals surface area contributed by atoms with Gasteiger partial charge in [0.25, 0.3) is 0 Å². The van der Waals surface area contributed by atoms with Crippen molar-refractivity contribution in [1.29, 1.82) is 0 Å². The molecule has 1 saturated heterocycles. The molecule has 10 nitrogen and oxygen atoms in total. The molecule has 1 fully saturated rings. The van der Waals surface area contributed by atoms with Gasteiger partial charge in [0.1, 0.15) is 0 Å². The Balaban J connectivity index is 3.76. The number of carbonyl (C=O) groups excluding carboxylic acids is 1. The topological polar surface area (TPSA) is 100 Å². The summed E-state index contributed by atoms with van der Waals surface area (Å²) in [5.41, 5.74) is 0. The third-order valence-corrected chi connectivity index (χ3v) is 23.7. The first-order chi connectivity index (χ1) is 27.8. The lowest BCUT2D eigenvalue weighted by Gasteiger charge is -2.47. The molecule has 0 bridgehead atoms. The number of carbonyl (C=O) groups is 1. The summed E-state index contributed by atoms with van der Waals surface area (Å²) in [6, 6.07) is -9.24. The van der Waals surface area contributed by atoms with Crippen molar-refractivity contribution in [2.45, 2.75) is 137 Å². The van der Waals surface area contributed by atoms with E-state index in [9.17, 15) is 119 Å². The largest absolute Gasteiger partial charge is 0.478 e. The summed E-state index contributed by atoms with van der Waals surface area (Å²) in [7, 11) is -13.3. The summed E-state index contributed by atoms with van der Waals surface area (Å²) in [6.45, 7) is 8.45. The van der Waals surface area contributed by atoms with Crippen LogP contribution in [-0.4, -0.2) is 126 Å². The van der Waals surface area contributed by atoms with Crippen LogP contribution in [0.3, 0.4) is 0 Å². The molecule has 1 heterocycles. The molecule has 0 radical (unpaired) electrons. The van der Waals surface area contributed by atoms with Crippen LogP contribution in [0.15, 0.2) is 0 Å². The highest BCUT2D eigenvalue weighted by molar-refractivity contribution is 6.93. The maximum atomic E-state index is 15.1. The van der Waals surface area contributed by atoms with Crippen molar-refractivity contribution in [2.75, 3.05) is 6.61 Å². The highest BCUT2D eigenvalue weighted by Crippen LogP contribution is 2.60. The van der Waals surface area contributed by atoms with Crippen molar-refractivity contribution in [3.05, 3.63) is 0 Å². The van der Waals surface area contributed by atoms with E-state index in [2.05, 4.69) is 4.74 Å². The van der Waals surface area contributed by atoms with Crippen LogP contribution >= 0.6 is 0 Å². The van der Waals surface area contributed by atoms with E-state index in [4.69, 9.17) is 16.5 Å². The molecule has 1 aliphatic heterocycles. The van der Waals surface area contributed by atoms with Gasteiger partial charge < -0.3 is 21.2 Å². The SMILES string of the molecule is C[Si]1(C)O[Si](C)(C)O[Si](C)(CCCOC(=O)C(F)(OC(F)(F)C(F)(OC(F)(F)C(F)(OC(F)(OC(F)(F)C(F)(F)C(F)(F)F)C(F)(F)F)C(F)(F)F)C(F)(F)F)C(F)(F)F)O[Si](C)(C)O1. The quantitative estimate of drug-likeness (QED) is 0.0488. The van der Waals surface area contributed by atoms with E-state index in [1.54, 1.807) is 13.1 Å². The lowest BCUT2D eigenvalue weighted by atomic mass is 10.2. The summed E-state index contributed by atoms with van der Waals surface area (Å²) in [6.07, 6.45) is -68.7. The lowest BCUT2D eigenvalue weighted by Crippen LogP contribution is -2.71. The highest BCUT2D eigenvalue weighted by atomic mass is 28.5. The van der Waals surface area contributed by atoms with Gasteiger partial charge in [-0.2, -0.15) is 119 Å². The zero-order valence-electron chi connectivity index (χ0n) is 32.4. The van der Waals surface area contributed by atoms with Gasteiger partial charge in [-0.1, -0.05) is 0 Å². The molecule has 0 aromatic carbocycles. The first-order valence-electron chi connectivity index (χ1n) is 16.2. The van der Waals surface area contributed by atoms with Gasteiger partial charge in [0.15, 0.2) is 0 Å². The predicted octanol–water partition coefficient (Wildman–Crippen LogP) is 11.1. The van der Waals surface area contributed by atoms with Crippen LogP contribution in [0.25, 0.3) is 0 Å². The molecule has 0 amide bonds. The number of hydrogen-bond acceptors (Lipinski definition) is 10. The first kappa shape index (κ1) is 61.1. The van der Waals surface area contributed by atoms with Crippen molar-refractivity contribution in [1.82, 2.24) is 0 Å². The van der Waals surface area contributed by atoms with Gasteiger partial charge in [-0.15, -0.1) is 0 Å². The molecule has 41 heteroatoms. The zero-order chi connectivity index (χ0) is 52.6. The van der Waals surface area contributed by atoms with Gasteiger partial charge in [-0.05, 0) is 58.3 Å². The van der Waals surface area contributed by atoms with E-state index < -0.39 is 138 Å². The Morgan fingerprint density at radius 1 is 0.415 bits per heavy atom. The molecule has 0 aromatic heterocycles. The molecule has 0 saturated carbocycles. The van der Waals surface area contributed by atoms with Crippen LogP contribution in [0.1, 0.15) is 6.42 Å². The van der Waals surface area contributed by atoms with Gasteiger partial charge in [-0.25, -0.2) is 9.53 Å². The minimum atomic E-state index is -9.13. The fourth-order valence-corrected chi connectivity index (χ4v) is 26.6. The second-order valence-corrected chi connectivity index (χ2v) is 28.8. The Bertz CT molecular complexity index is 1670. The van der Waals surface area contributed by atoms with Gasteiger partial charge in [0.2, 0.25) is 0 Å². The zero-order valence-corrected chi connectivity index (χ0v) is 36.4. The molecular formula is C24H27F27O10Si4. The average molecular weight is 1100 g/mol. The van der Waals surface area contributed by atoms with Crippen LogP contribution in [-0.2, 0) is 44.9 Å². The Morgan fingerprint density at radius 3 is 1.11 bits per heavy atom. The van der Waals surface area contributed by atoms with Gasteiger partial charge in [-0.3, -0.25) is 14.2 Å². The molecule has 388 valence electrons. The van der Waals surface area contributed by atoms with Crippen LogP contribution < -0.4 is 0 Å². The fourth-order valence-electron chi connectivity index (χ4n) is 5.04. The van der Waals surface area contributed by atoms with Crippen molar-refractivity contribution in [3.63, 3.8) is 0 Å². The van der Waals surface area contributed by atoms with Crippen LogP contribution in [0.5, 0.6) is 0 Å². The number of esters is 1. The summed E-state index contributed by atoms with van der Waals surface area (Å²) >= 11 is 0. The summed E-state index contributed by atoms with van der Waals surface area (Å²) < 4.78 is 402. The van der Waals surface area contributed by atoms with E-state index in [0.29, 0.717) is 0 Å². The third kappa shape index (κ3) is 12.9. The van der Waals surface area contributed by atoms with Gasteiger partial charge in [0, 0.05) is 0 Å². The monoisotopic (exact) mass is 1100 g/mol. The van der Waals surface area contributed by atoms with Gasteiger partial charge in [0.05, 0.1) is 6.61 Å². The molecule has 4 atom stereocenters. The smallest absolute Gasteiger partial charge is 0.461 e. The van der Waals surface area contributed by atoms with Crippen molar-refractivity contribution in [3.8, 4) is 0 Å². The first-order valence-corrected chi connectivity index (χ1v) is 27.1. The molecular weight excluding hydrogens is 1070 g/mol. The maximum absolute atomic E-state index is 15.1. The highest BCUT2D eigenvalue weighted by Gasteiger charge is 2.89. The maximum Gasteiger partial charge on any atom is 0.478 e. The Morgan fingerprint density at radius 2 is 0.769 bits per heavy atom. The molecule has 4 unspecified atom stereocenters. The summed E-state index contributed by atoms with van der Waals surface area (Å²) in [5.74, 6) is -37.8. The molecule has 1 rings (SSSR count). The van der Waals surface area contributed by atoms with Crippen molar-refractivity contribution < 1.29 is 163 Å². The second-order valence-electron chi connectivity index (χ2n) is 14.3.